The first-order valence-electron chi connectivity index (χ1n) is 9.44. The molecule has 7 heteroatoms. The Bertz CT molecular complexity index is 886. The Balaban J connectivity index is 2.17. The molecule has 0 aliphatic rings. The Kier molecular flexibility index (Phi) is 8.35. The minimum absolute atomic E-state index is 0.173. The van der Waals surface area contributed by atoms with Gasteiger partial charge >= 0.3 is 0 Å². The zero-order valence-corrected chi connectivity index (χ0v) is 18.6. The number of benzene rings is 2. The van der Waals surface area contributed by atoms with Crippen LogP contribution in [0.4, 0.5) is 0 Å². The van der Waals surface area contributed by atoms with Crippen LogP contribution < -0.4 is 10.1 Å². The van der Waals surface area contributed by atoms with Crippen LogP contribution in [0.2, 0.25) is 10.0 Å². The Morgan fingerprint density at radius 2 is 1.79 bits per heavy atom. The summed E-state index contributed by atoms with van der Waals surface area (Å²) in [6, 6.07) is 10.1. The summed E-state index contributed by atoms with van der Waals surface area (Å²) in [6.07, 6.45) is 0. The van der Waals surface area contributed by atoms with Gasteiger partial charge < -0.3 is 15.0 Å². The van der Waals surface area contributed by atoms with Crippen LogP contribution in [0, 0.1) is 13.8 Å². The molecule has 5 nitrogen and oxygen atoms in total. The maximum absolute atomic E-state index is 12.9. The van der Waals surface area contributed by atoms with E-state index in [9.17, 15) is 9.59 Å². The van der Waals surface area contributed by atoms with Crippen molar-refractivity contribution in [2.45, 2.75) is 40.3 Å². The third-order valence-electron chi connectivity index (χ3n) is 4.70. The molecule has 0 saturated carbocycles. The summed E-state index contributed by atoms with van der Waals surface area (Å²) >= 11 is 12.1. The van der Waals surface area contributed by atoms with Crippen LogP contribution in [0.1, 0.15) is 30.5 Å². The lowest BCUT2D eigenvalue weighted by Crippen LogP contribution is -2.49. The van der Waals surface area contributed by atoms with Gasteiger partial charge in [0.15, 0.2) is 6.61 Å². The molecule has 1 N–H and O–H groups in total. The highest BCUT2D eigenvalue weighted by atomic mass is 35.5. The predicted molar refractivity (Wildman–Crippen MR) is 117 cm³/mol. The Morgan fingerprint density at radius 3 is 2.41 bits per heavy atom. The number of carbonyl (C=O) groups is 2. The van der Waals surface area contributed by atoms with E-state index in [1.165, 1.54) is 4.90 Å². The molecule has 2 aromatic rings. The molecular formula is C22H26Cl2N2O3. The van der Waals surface area contributed by atoms with E-state index in [1.54, 1.807) is 25.1 Å². The molecule has 1 unspecified atom stereocenters. The molecule has 0 aliphatic heterocycles. The molecule has 1 atom stereocenters. The fraction of sp³-hybridized carbons (Fsp3) is 0.364. The number of ether oxygens (including phenoxy) is 1. The quantitative estimate of drug-likeness (QED) is 0.660. The molecule has 2 aromatic carbocycles. The Labute approximate surface area is 181 Å². The van der Waals surface area contributed by atoms with Gasteiger partial charge in [-0.05, 0) is 68.7 Å². The summed E-state index contributed by atoms with van der Waals surface area (Å²) in [7, 11) is 0. The zero-order chi connectivity index (χ0) is 21.6. The van der Waals surface area contributed by atoms with Crippen LogP contribution in [0.3, 0.4) is 0 Å². The van der Waals surface area contributed by atoms with Gasteiger partial charge in [0, 0.05) is 13.1 Å². The molecular weight excluding hydrogens is 411 g/mol. The van der Waals surface area contributed by atoms with Gasteiger partial charge in [0.1, 0.15) is 11.8 Å². The highest BCUT2D eigenvalue weighted by Crippen LogP contribution is 2.24. The van der Waals surface area contributed by atoms with Gasteiger partial charge in [-0.2, -0.15) is 0 Å². The average Bonchev–Trinajstić information content (AvgIpc) is 2.69. The van der Waals surface area contributed by atoms with Gasteiger partial charge in [-0.25, -0.2) is 0 Å². The zero-order valence-electron chi connectivity index (χ0n) is 17.1. The summed E-state index contributed by atoms with van der Waals surface area (Å²) in [5.41, 5.74) is 3.00. The van der Waals surface area contributed by atoms with E-state index in [0.717, 1.165) is 16.7 Å². The molecule has 0 radical (unpaired) electrons. The fourth-order valence-corrected chi connectivity index (χ4v) is 3.09. The fourth-order valence-electron chi connectivity index (χ4n) is 2.77. The second kappa shape index (κ2) is 10.5. The molecule has 29 heavy (non-hydrogen) atoms. The van der Waals surface area contributed by atoms with Gasteiger partial charge in [-0.15, -0.1) is 0 Å². The molecule has 2 rings (SSSR count). The summed E-state index contributed by atoms with van der Waals surface area (Å²) < 4.78 is 5.68. The van der Waals surface area contributed by atoms with Crippen molar-refractivity contribution < 1.29 is 14.3 Å². The van der Waals surface area contributed by atoms with Gasteiger partial charge in [-0.1, -0.05) is 35.3 Å². The SMILES string of the molecule is CCNC(=O)C(C)N(Cc1ccc(Cl)c(Cl)c1)C(=O)COc1ccc(C)c(C)c1. The van der Waals surface area contributed by atoms with Crippen LogP contribution in [0.5, 0.6) is 5.75 Å². The van der Waals surface area contributed by atoms with Crippen LogP contribution in [0.15, 0.2) is 36.4 Å². The van der Waals surface area contributed by atoms with Gasteiger partial charge in [0.05, 0.1) is 10.0 Å². The van der Waals surface area contributed by atoms with Crippen molar-refractivity contribution in [2.75, 3.05) is 13.2 Å². The van der Waals surface area contributed by atoms with Gasteiger partial charge in [-0.3, -0.25) is 9.59 Å². The topological polar surface area (TPSA) is 58.6 Å². The van der Waals surface area contributed by atoms with E-state index in [2.05, 4.69) is 5.32 Å². The number of likely N-dealkylation sites (N-methyl/N-ethyl adjacent to an activating group) is 1. The van der Waals surface area contributed by atoms with Crippen LogP contribution in [-0.4, -0.2) is 35.9 Å². The number of nitrogens with zero attached hydrogens (tertiary/aromatic N) is 1. The number of amides is 2. The standard InChI is InChI=1S/C22H26Cl2N2O3/c1-5-25-22(28)16(4)26(12-17-7-9-19(23)20(24)11-17)21(27)13-29-18-8-6-14(2)15(3)10-18/h6-11,16H,5,12-13H2,1-4H3,(H,25,28). The summed E-state index contributed by atoms with van der Waals surface area (Å²) in [5.74, 6) is 0.0849. The van der Waals surface area contributed by atoms with Crippen molar-refractivity contribution in [1.29, 1.82) is 0 Å². The van der Waals surface area contributed by atoms with Crippen molar-refractivity contribution in [3.8, 4) is 5.75 Å². The average molecular weight is 437 g/mol. The number of rotatable bonds is 8. The van der Waals surface area contributed by atoms with Crippen molar-refractivity contribution in [3.63, 3.8) is 0 Å². The highest BCUT2D eigenvalue weighted by Gasteiger charge is 2.26. The van der Waals surface area contributed by atoms with Crippen LogP contribution >= 0.6 is 23.2 Å². The molecule has 0 heterocycles. The van der Waals surface area contributed by atoms with Crippen molar-refractivity contribution in [1.82, 2.24) is 10.2 Å². The summed E-state index contributed by atoms with van der Waals surface area (Å²) in [4.78, 5) is 26.8. The second-order valence-electron chi connectivity index (χ2n) is 6.88. The van der Waals surface area contributed by atoms with E-state index in [4.69, 9.17) is 27.9 Å². The van der Waals surface area contributed by atoms with Crippen LogP contribution in [-0.2, 0) is 16.1 Å². The Hall–Kier alpha value is -2.24. The van der Waals surface area contributed by atoms with E-state index in [0.29, 0.717) is 22.3 Å². The molecule has 0 aliphatic carbocycles. The number of nitrogens with one attached hydrogen (secondary N) is 1. The molecule has 0 spiro atoms. The Morgan fingerprint density at radius 1 is 1.07 bits per heavy atom. The molecule has 0 saturated heterocycles. The predicted octanol–water partition coefficient (Wildman–Crippen LogP) is 4.54. The van der Waals surface area contributed by atoms with E-state index >= 15 is 0 Å². The first-order chi connectivity index (χ1) is 13.7. The smallest absolute Gasteiger partial charge is 0.261 e. The lowest BCUT2D eigenvalue weighted by atomic mass is 10.1. The number of hydrogen-bond donors (Lipinski definition) is 1. The first kappa shape index (κ1) is 23.0. The summed E-state index contributed by atoms with van der Waals surface area (Å²) in [6.45, 7) is 8.04. The molecule has 2 amide bonds. The number of carbonyl (C=O) groups excluding carboxylic acids is 2. The summed E-state index contributed by atoms with van der Waals surface area (Å²) in [5, 5.41) is 3.58. The minimum atomic E-state index is -0.666. The minimum Gasteiger partial charge on any atom is -0.484 e. The van der Waals surface area contributed by atoms with E-state index in [-0.39, 0.29) is 25.0 Å². The number of hydrogen-bond acceptors (Lipinski definition) is 3. The van der Waals surface area contributed by atoms with Gasteiger partial charge in [0.2, 0.25) is 5.91 Å². The normalized spacial score (nSPS) is 11.7. The van der Waals surface area contributed by atoms with E-state index < -0.39 is 6.04 Å². The van der Waals surface area contributed by atoms with Crippen LogP contribution in [0.25, 0.3) is 0 Å². The lowest BCUT2D eigenvalue weighted by Gasteiger charge is -2.28. The highest BCUT2D eigenvalue weighted by molar-refractivity contribution is 6.42. The number of halogens is 2. The van der Waals surface area contributed by atoms with E-state index in [1.807, 2.05) is 39.0 Å². The largest absolute Gasteiger partial charge is 0.484 e. The van der Waals surface area contributed by atoms with Crippen molar-refractivity contribution in [2.24, 2.45) is 0 Å². The van der Waals surface area contributed by atoms with Gasteiger partial charge in [0.25, 0.3) is 5.91 Å². The number of aryl methyl sites for hydroxylation is 2. The maximum atomic E-state index is 12.9. The molecule has 0 fully saturated rings. The monoisotopic (exact) mass is 436 g/mol. The van der Waals surface area contributed by atoms with Crippen molar-refractivity contribution in [3.05, 3.63) is 63.1 Å². The maximum Gasteiger partial charge on any atom is 0.261 e. The molecule has 0 bridgehead atoms. The lowest BCUT2D eigenvalue weighted by molar-refractivity contribution is -0.142. The second-order valence-corrected chi connectivity index (χ2v) is 7.69. The third-order valence-corrected chi connectivity index (χ3v) is 5.43. The third kappa shape index (κ3) is 6.38. The molecule has 0 aromatic heterocycles. The van der Waals surface area contributed by atoms with Crippen molar-refractivity contribution >= 4 is 35.0 Å². The molecule has 156 valence electrons. The first-order valence-corrected chi connectivity index (χ1v) is 10.2.